The number of fused-ring (bicyclic) bond motifs is 1. The molecule has 0 radical (unpaired) electrons. The van der Waals surface area contributed by atoms with E-state index in [0.29, 0.717) is 28.9 Å². The molecule has 0 saturated carbocycles. The molecule has 3 aromatic carbocycles. The van der Waals surface area contributed by atoms with E-state index in [-0.39, 0.29) is 22.9 Å². The fourth-order valence-corrected chi connectivity index (χ4v) is 5.14. The lowest BCUT2D eigenvalue weighted by Gasteiger charge is -2.28. The Labute approximate surface area is 257 Å². The van der Waals surface area contributed by atoms with E-state index in [1.54, 1.807) is 60.9 Å². The van der Waals surface area contributed by atoms with Crippen LogP contribution >= 0.6 is 0 Å². The van der Waals surface area contributed by atoms with Crippen LogP contribution in [0.4, 0.5) is 18.9 Å². The molecule has 4 rings (SSSR count). The number of sulfonamides is 1. The molecule has 0 saturated heterocycles. The summed E-state index contributed by atoms with van der Waals surface area (Å²) >= 11 is 0. The number of nitrogens with two attached hydrogens (primary N) is 1. The predicted octanol–water partition coefficient (Wildman–Crippen LogP) is 3.57. The average Bonchev–Trinajstić information content (AvgIpc) is 3.41. The Morgan fingerprint density at radius 2 is 1.69 bits per heavy atom. The molecule has 16 heteroatoms. The molecule has 0 aliphatic rings. The normalized spacial score (nSPS) is 12.6. The number of nitrogens with one attached hydrogen (secondary N) is 3. The summed E-state index contributed by atoms with van der Waals surface area (Å²) in [5, 5.41) is 21.3. The number of aromatic nitrogens is 2. The fourth-order valence-electron chi connectivity index (χ4n) is 4.07. The molecule has 0 spiro atoms. The van der Waals surface area contributed by atoms with Crippen molar-refractivity contribution in [1.29, 1.82) is 0 Å². The Balaban J connectivity index is 0.000000707. The molecule has 12 nitrogen and oxygen atoms in total. The summed E-state index contributed by atoms with van der Waals surface area (Å²) in [5.74, 6) is 2.08. The SMILES string of the molecule is CC(C)(CCn1cnc2cc(C(=O)NN)ccc21)NC[C@H](O)c1cccc(NS(=O)(=O)c2ccccc2)c1.O=C(O)C(F)(F)F. The lowest BCUT2D eigenvalue weighted by molar-refractivity contribution is -0.192. The van der Waals surface area contributed by atoms with E-state index in [1.807, 2.05) is 24.5 Å². The molecule has 1 amide bonds. The van der Waals surface area contributed by atoms with Gasteiger partial charge in [0.2, 0.25) is 0 Å². The minimum absolute atomic E-state index is 0.168. The zero-order chi connectivity index (χ0) is 33.4. The predicted molar refractivity (Wildman–Crippen MR) is 160 cm³/mol. The van der Waals surface area contributed by atoms with Gasteiger partial charge in [-0.15, -0.1) is 0 Å². The molecule has 0 bridgehead atoms. The Morgan fingerprint density at radius 3 is 2.31 bits per heavy atom. The van der Waals surface area contributed by atoms with Gasteiger partial charge in [-0.2, -0.15) is 13.2 Å². The molecule has 0 aliphatic carbocycles. The number of aryl methyl sites for hydroxylation is 1. The number of carboxylic acids is 1. The number of hydrazine groups is 1. The third-order valence-electron chi connectivity index (χ3n) is 6.59. The van der Waals surface area contributed by atoms with Gasteiger partial charge in [0.25, 0.3) is 15.9 Å². The van der Waals surface area contributed by atoms with E-state index in [4.69, 9.17) is 15.7 Å². The smallest absolute Gasteiger partial charge is 0.475 e. The van der Waals surface area contributed by atoms with Gasteiger partial charge in [0.05, 0.1) is 28.4 Å². The van der Waals surface area contributed by atoms with Crippen LogP contribution in [-0.4, -0.2) is 58.3 Å². The lowest BCUT2D eigenvalue weighted by Crippen LogP contribution is -2.42. The minimum Gasteiger partial charge on any atom is -0.475 e. The van der Waals surface area contributed by atoms with Crippen molar-refractivity contribution < 1.29 is 41.4 Å². The molecule has 45 heavy (non-hydrogen) atoms. The van der Waals surface area contributed by atoms with Gasteiger partial charge in [0, 0.05) is 29.9 Å². The Bertz CT molecular complexity index is 1730. The summed E-state index contributed by atoms with van der Waals surface area (Å²) in [4.78, 5) is 25.2. The number of anilines is 1. The molecular formula is C29H33F3N6O6S. The van der Waals surface area contributed by atoms with Gasteiger partial charge in [-0.25, -0.2) is 24.0 Å². The highest BCUT2D eigenvalue weighted by Crippen LogP contribution is 2.22. The number of nitrogen functional groups attached to an aromatic ring is 1. The number of alkyl halides is 3. The second-order valence-electron chi connectivity index (χ2n) is 10.5. The number of nitrogens with zero attached hydrogens (tertiary/aromatic N) is 2. The van der Waals surface area contributed by atoms with Gasteiger partial charge < -0.3 is 20.1 Å². The van der Waals surface area contributed by atoms with Crippen molar-refractivity contribution in [3.63, 3.8) is 0 Å². The van der Waals surface area contributed by atoms with Crippen molar-refractivity contribution in [1.82, 2.24) is 20.3 Å². The molecule has 1 atom stereocenters. The van der Waals surface area contributed by atoms with Crippen LogP contribution in [0.5, 0.6) is 0 Å². The number of β-amino-alcohol motifs (C(OH)–C–C–N with tert-alkyl or cyclic N) is 1. The fraction of sp³-hybridized carbons (Fsp3) is 0.276. The number of aliphatic hydroxyl groups excluding tert-OH is 1. The number of benzene rings is 3. The van der Waals surface area contributed by atoms with Gasteiger partial charge in [-0.1, -0.05) is 30.3 Å². The topological polar surface area (TPSA) is 189 Å². The van der Waals surface area contributed by atoms with Crippen LogP contribution in [0.3, 0.4) is 0 Å². The maximum absolute atomic E-state index is 12.6. The van der Waals surface area contributed by atoms with E-state index in [1.165, 1.54) is 12.1 Å². The average molecular weight is 651 g/mol. The lowest BCUT2D eigenvalue weighted by atomic mass is 9.99. The first-order valence-electron chi connectivity index (χ1n) is 13.4. The van der Waals surface area contributed by atoms with E-state index in [9.17, 15) is 31.5 Å². The van der Waals surface area contributed by atoms with Gasteiger partial charge in [-0.05, 0) is 68.3 Å². The zero-order valence-electron chi connectivity index (χ0n) is 24.2. The highest BCUT2D eigenvalue weighted by Gasteiger charge is 2.38. The summed E-state index contributed by atoms with van der Waals surface area (Å²) in [7, 11) is -3.72. The molecule has 0 unspecified atom stereocenters. The summed E-state index contributed by atoms with van der Waals surface area (Å²) in [6.07, 6.45) is -3.44. The molecule has 0 fully saturated rings. The number of hydrogen-bond acceptors (Lipinski definition) is 8. The van der Waals surface area contributed by atoms with Crippen LogP contribution in [0, 0.1) is 0 Å². The maximum Gasteiger partial charge on any atom is 0.490 e. The highest BCUT2D eigenvalue weighted by molar-refractivity contribution is 7.92. The monoisotopic (exact) mass is 650 g/mol. The van der Waals surface area contributed by atoms with E-state index in [2.05, 4.69) is 20.4 Å². The van der Waals surface area contributed by atoms with Gasteiger partial charge in [-0.3, -0.25) is 14.9 Å². The number of rotatable bonds is 11. The molecule has 0 aliphatic heterocycles. The third kappa shape index (κ3) is 10.0. The number of carboxylic acid groups (broad SMARTS) is 1. The number of carbonyl (C=O) groups excluding carboxylic acids is 1. The van der Waals surface area contributed by atoms with E-state index >= 15 is 0 Å². The van der Waals surface area contributed by atoms with E-state index in [0.717, 1.165) is 11.9 Å². The summed E-state index contributed by atoms with van der Waals surface area (Å²) in [6, 6.07) is 20.1. The molecular weight excluding hydrogens is 617 g/mol. The highest BCUT2D eigenvalue weighted by atomic mass is 32.2. The molecule has 1 aromatic heterocycles. The van der Waals surface area contributed by atoms with Crippen LogP contribution < -0.4 is 21.3 Å². The molecule has 242 valence electrons. The first-order chi connectivity index (χ1) is 21.0. The number of carbonyl (C=O) groups is 2. The van der Waals surface area contributed by atoms with Crippen molar-refractivity contribution in [3.8, 4) is 0 Å². The summed E-state index contributed by atoms with van der Waals surface area (Å²) in [5.41, 5.74) is 4.83. The largest absolute Gasteiger partial charge is 0.490 e. The van der Waals surface area contributed by atoms with Crippen LogP contribution in [0.25, 0.3) is 11.0 Å². The van der Waals surface area contributed by atoms with Crippen molar-refractivity contribution >= 4 is 38.6 Å². The second-order valence-corrected chi connectivity index (χ2v) is 12.2. The second kappa shape index (κ2) is 14.5. The van der Waals surface area contributed by atoms with Gasteiger partial charge >= 0.3 is 12.1 Å². The number of amides is 1. The minimum atomic E-state index is -5.08. The van der Waals surface area contributed by atoms with Crippen LogP contribution in [0.1, 0.15) is 42.3 Å². The Morgan fingerprint density at radius 1 is 1.02 bits per heavy atom. The van der Waals surface area contributed by atoms with E-state index < -0.39 is 28.3 Å². The number of halogens is 3. The molecule has 7 N–H and O–H groups in total. The first kappa shape index (κ1) is 35.0. The Kier molecular flexibility index (Phi) is 11.3. The summed E-state index contributed by atoms with van der Waals surface area (Å²) in [6.45, 7) is 5.05. The Hall–Kier alpha value is -4.51. The van der Waals surface area contributed by atoms with Crippen LogP contribution in [0.15, 0.2) is 84.0 Å². The van der Waals surface area contributed by atoms with Crippen molar-refractivity contribution in [2.24, 2.45) is 5.84 Å². The quantitative estimate of drug-likeness (QED) is 0.0801. The summed E-state index contributed by atoms with van der Waals surface area (Å²) < 4.78 is 61.6. The number of aliphatic hydroxyl groups is 1. The van der Waals surface area contributed by atoms with Gasteiger partial charge in [0.15, 0.2) is 0 Å². The van der Waals surface area contributed by atoms with Crippen molar-refractivity contribution in [2.45, 2.75) is 49.5 Å². The number of aliphatic carboxylic acids is 1. The molecule has 1 heterocycles. The first-order valence-corrected chi connectivity index (χ1v) is 14.9. The number of imidazole rings is 1. The third-order valence-corrected chi connectivity index (χ3v) is 7.98. The maximum atomic E-state index is 12.6. The van der Waals surface area contributed by atoms with Crippen LogP contribution in [0.2, 0.25) is 0 Å². The van der Waals surface area contributed by atoms with Gasteiger partial charge in [0.1, 0.15) is 0 Å². The molecule has 4 aromatic rings. The number of hydrogen-bond donors (Lipinski definition) is 6. The standard InChI is InChI=1S/C27H32N6O4S.C2HF3O2/c1-27(2,13-14-33-18-29-23-16-20(26(35)31-28)11-12-24(23)33)30-17-25(34)19-7-6-8-21(15-19)32-38(36,37)22-9-4-3-5-10-22;3-2(4,5)1(6)7/h3-12,15-16,18,25,30,32,34H,13-14,17,28H2,1-2H3,(H,31,35);(H,6,7)/t25-;/m0./s1. The van der Waals surface area contributed by atoms with Crippen molar-refractivity contribution in [2.75, 3.05) is 11.3 Å². The zero-order valence-corrected chi connectivity index (χ0v) is 25.1. The van der Waals surface area contributed by atoms with Crippen LogP contribution in [-0.2, 0) is 21.4 Å². The van der Waals surface area contributed by atoms with Crippen molar-refractivity contribution in [3.05, 3.63) is 90.3 Å².